The Bertz CT molecular complexity index is 995. The van der Waals surface area contributed by atoms with E-state index in [1.807, 2.05) is 0 Å². The van der Waals surface area contributed by atoms with Gasteiger partial charge in [0.15, 0.2) is 14.8 Å². The maximum atomic E-state index is 13.5. The molecule has 2 amide bonds. The number of carbonyl (C=O) groups excluding carboxylic acids is 2. The molecule has 0 saturated heterocycles. The normalized spacial score (nSPS) is 10.6. The van der Waals surface area contributed by atoms with Gasteiger partial charge in [0, 0.05) is 6.07 Å². The van der Waals surface area contributed by atoms with Gasteiger partial charge in [0.2, 0.25) is 11.0 Å². The number of halogens is 3. The molecule has 0 unspecified atom stereocenters. The molecule has 2 aromatic heterocycles. The summed E-state index contributed by atoms with van der Waals surface area (Å²) in [5, 5.41) is 12.8. The second kappa shape index (κ2) is 8.59. The number of rotatable bonds is 6. The number of hydrogen-bond acceptors (Lipinski definition) is 7. The Kier molecular flexibility index (Phi) is 6.19. The number of carbonyl (C=O) groups is 2. The first-order valence-electron chi connectivity index (χ1n) is 7.18. The van der Waals surface area contributed by atoms with E-state index >= 15 is 0 Å². The molecule has 0 fully saturated rings. The zero-order chi connectivity index (χ0) is 19.4. The number of benzene rings is 1. The van der Waals surface area contributed by atoms with Crippen LogP contribution in [-0.2, 0) is 4.79 Å². The van der Waals surface area contributed by atoms with Crippen LogP contribution in [0.5, 0.6) is 0 Å². The van der Waals surface area contributed by atoms with Gasteiger partial charge < -0.3 is 9.73 Å². The number of aromatic nitrogens is 2. The summed E-state index contributed by atoms with van der Waals surface area (Å²) >= 11 is 5.23. The summed E-state index contributed by atoms with van der Waals surface area (Å²) in [6.07, 6.45) is 0. The van der Waals surface area contributed by atoms with Crippen LogP contribution in [0.3, 0.4) is 0 Å². The van der Waals surface area contributed by atoms with Gasteiger partial charge in [-0.1, -0.05) is 23.1 Å². The molecule has 12 heteroatoms. The predicted molar refractivity (Wildman–Crippen MR) is 100.0 cm³/mol. The Balaban J connectivity index is 1.51. The molecule has 27 heavy (non-hydrogen) atoms. The van der Waals surface area contributed by atoms with E-state index in [0.29, 0.717) is 15.1 Å². The molecule has 7 nitrogen and oxygen atoms in total. The molecule has 0 radical (unpaired) electrons. The third-order valence-electron chi connectivity index (χ3n) is 2.96. The summed E-state index contributed by atoms with van der Waals surface area (Å²) < 4.78 is 32.3. The second-order valence-corrected chi connectivity index (χ2v) is 7.87. The first kappa shape index (κ1) is 19.5. The van der Waals surface area contributed by atoms with Crippen molar-refractivity contribution in [3.05, 3.63) is 52.4 Å². The summed E-state index contributed by atoms with van der Waals surface area (Å²) in [5.74, 6) is -2.54. The van der Waals surface area contributed by atoms with E-state index in [2.05, 4.69) is 36.8 Å². The van der Waals surface area contributed by atoms with Crippen LogP contribution in [0.2, 0.25) is 0 Å². The summed E-state index contributed by atoms with van der Waals surface area (Å²) in [7, 11) is 0. The summed E-state index contributed by atoms with van der Waals surface area (Å²) in [6, 6.07) is 5.94. The molecule has 3 aromatic rings. The second-order valence-electron chi connectivity index (χ2n) is 4.89. The fraction of sp³-hybridized carbons (Fsp3) is 0.0667. The third-order valence-corrected chi connectivity index (χ3v) is 5.35. The van der Waals surface area contributed by atoms with Crippen molar-refractivity contribution in [2.24, 2.45) is 0 Å². The Hall–Kier alpha value is -2.31. The topological polar surface area (TPSA) is 97.1 Å². The summed E-state index contributed by atoms with van der Waals surface area (Å²) in [4.78, 5) is 23.8. The van der Waals surface area contributed by atoms with Gasteiger partial charge in [0.05, 0.1) is 11.4 Å². The van der Waals surface area contributed by atoms with Crippen molar-refractivity contribution in [3.8, 4) is 0 Å². The highest BCUT2D eigenvalue weighted by atomic mass is 79.9. The zero-order valence-electron chi connectivity index (χ0n) is 13.2. The number of nitrogens with one attached hydrogen (secondary N) is 2. The lowest BCUT2D eigenvalue weighted by atomic mass is 10.3. The molecule has 140 valence electrons. The van der Waals surface area contributed by atoms with Crippen molar-refractivity contribution in [3.63, 3.8) is 0 Å². The number of amides is 2. The van der Waals surface area contributed by atoms with Crippen LogP contribution < -0.4 is 10.6 Å². The quantitative estimate of drug-likeness (QED) is 0.411. The molecule has 0 aliphatic rings. The fourth-order valence-corrected chi connectivity index (χ4v) is 3.67. The lowest BCUT2D eigenvalue weighted by molar-refractivity contribution is -0.113. The monoisotopic (exact) mass is 474 g/mol. The smallest absolute Gasteiger partial charge is 0.293 e. The average Bonchev–Trinajstić information content (AvgIpc) is 3.24. The Morgan fingerprint density at radius 3 is 2.70 bits per heavy atom. The fourth-order valence-electron chi connectivity index (χ4n) is 1.82. The Morgan fingerprint density at radius 2 is 2.00 bits per heavy atom. The van der Waals surface area contributed by atoms with Gasteiger partial charge in [-0.05, 0) is 40.2 Å². The molecule has 0 aliphatic heterocycles. The van der Waals surface area contributed by atoms with E-state index < -0.39 is 23.4 Å². The molecule has 0 bridgehead atoms. The maximum Gasteiger partial charge on any atom is 0.293 e. The highest BCUT2D eigenvalue weighted by Crippen LogP contribution is 2.26. The van der Waals surface area contributed by atoms with Gasteiger partial charge in [-0.2, -0.15) is 0 Å². The maximum absolute atomic E-state index is 13.5. The average molecular weight is 475 g/mol. The molecular formula is C15H9BrF2N4O3S2. The first-order valence-corrected chi connectivity index (χ1v) is 9.78. The van der Waals surface area contributed by atoms with E-state index in [1.54, 1.807) is 6.07 Å². The van der Waals surface area contributed by atoms with Crippen LogP contribution in [0, 0.1) is 11.6 Å². The number of nitrogens with zero attached hydrogens (tertiary/aromatic N) is 2. The van der Waals surface area contributed by atoms with Crippen molar-refractivity contribution >= 4 is 61.7 Å². The van der Waals surface area contributed by atoms with E-state index in [0.717, 1.165) is 35.2 Å². The number of anilines is 2. The molecule has 2 N–H and O–H groups in total. The number of hydrogen-bond donors (Lipinski definition) is 2. The Labute approximate surface area is 167 Å². The van der Waals surface area contributed by atoms with Crippen molar-refractivity contribution < 1.29 is 22.8 Å². The van der Waals surface area contributed by atoms with Crippen molar-refractivity contribution in [2.75, 3.05) is 16.4 Å². The van der Waals surface area contributed by atoms with Crippen molar-refractivity contribution in [2.45, 2.75) is 4.34 Å². The molecular weight excluding hydrogens is 466 g/mol. The molecule has 2 heterocycles. The lowest BCUT2D eigenvalue weighted by Gasteiger charge is -2.05. The van der Waals surface area contributed by atoms with Gasteiger partial charge >= 0.3 is 0 Å². The largest absolute Gasteiger partial charge is 0.444 e. The van der Waals surface area contributed by atoms with Crippen molar-refractivity contribution in [1.82, 2.24) is 10.2 Å². The van der Waals surface area contributed by atoms with Crippen molar-refractivity contribution in [1.29, 1.82) is 0 Å². The van der Waals surface area contributed by atoms with Gasteiger partial charge in [0.1, 0.15) is 11.6 Å². The highest BCUT2D eigenvalue weighted by Gasteiger charge is 2.15. The first-order chi connectivity index (χ1) is 12.9. The molecule has 0 saturated carbocycles. The van der Waals surface area contributed by atoms with E-state index in [4.69, 9.17) is 4.42 Å². The summed E-state index contributed by atoms with van der Waals surface area (Å²) in [6.45, 7) is 0. The standard InChI is InChI=1S/C15H9BrF2N4O3S2/c16-11-4-3-10(25-11)13(24)20-14-21-22-15(27-14)26-6-12(23)19-9-2-1-7(17)5-8(9)18/h1-5H,6H2,(H,19,23)(H,20,21,24). The van der Waals surface area contributed by atoms with Crippen LogP contribution in [-0.4, -0.2) is 27.8 Å². The van der Waals surface area contributed by atoms with E-state index in [-0.39, 0.29) is 22.3 Å². The minimum Gasteiger partial charge on any atom is -0.444 e. The SMILES string of the molecule is O=C(CSc1nnc(NC(=O)c2ccc(Br)o2)s1)Nc1ccc(F)cc1F. The minimum atomic E-state index is -0.862. The number of thioether (sulfide) groups is 1. The van der Waals surface area contributed by atoms with Crippen LogP contribution in [0.25, 0.3) is 0 Å². The highest BCUT2D eigenvalue weighted by molar-refractivity contribution is 9.10. The predicted octanol–water partition coefficient (Wildman–Crippen LogP) is 4.15. The lowest BCUT2D eigenvalue weighted by Crippen LogP contribution is -2.15. The zero-order valence-corrected chi connectivity index (χ0v) is 16.4. The van der Waals surface area contributed by atoms with Crippen LogP contribution in [0.1, 0.15) is 10.6 Å². The van der Waals surface area contributed by atoms with E-state index in [9.17, 15) is 18.4 Å². The van der Waals surface area contributed by atoms with Gasteiger partial charge in [-0.15, -0.1) is 10.2 Å². The third kappa shape index (κ3) is 5.34. The van der Waals surface area contributed by atoms with Crippen LogP contribution in [0.15, 0.2) is 43.8 Å². The van der Waals surface area contributed by atoms with Gasteiger partial charge in [-0.3, -0.25) is 14.9 Å². The minimum absolute atomic E-state index is 0.0650. The molecule has 1 aromatic carbocycles. The van der Waals surface area contributed by atoms with Crippen LogP contribution in [0.4, 0.5) is 19.6 Å². The van der Waals surface area contributed by atoms with Gasteiger partial charge in [-0.25, -0.2) is 8.78 Å². The molecule has 3 rings (SSSR count). The van der Waals surface area contributed by atoms with Gasteiger partial charge in [0.25, 0.3) is 5.91 Å². The number of furan rings is 1. The Morgan fingerprint density at radius 1 is 1.19 bits per heavy atom. The summed E-state index contributed by atoms with van der Waals surface area (Å²) in [5.41, 5.74) is -0.114. The van der Waals surface area contributed by atoms with E-state index in [1.165, 1.54) is 6.07 Å². The molecule has 0 aliphatic carbocycles. The van der Waals surface area contributed by atoms with Crippen LogP contribution >= 0.6 is 39.0 Å². The molecule has 0 spiro atoms. The molecule has 0 atom stereocenters.